The maximum Gasteiger partial charge on any atom is 0.0748 e. The number of aromatic nitrogens is 2. The Hall–Kier alpha value is -3.52. The Morgan fingerprint density at radius 3 is 1.59 bits per heavy atom. The van der Waals surface area contributed by atoms with E-state index in [9.17, 15) is 0 Å². The Morgan fingerprint density at radius 1 is 0.517 bits per heavy atom. The van der Waals surface area contributed by atoms with Gasteiger partial charge in [0.2, 0.25) is 0 Å². The fourth-order valence-electron chi connectivity index (χ4n) is 4.86. The second-order valence-electron chi connectivity index (χ2n) is 7.74. The largest absolute Gasteiger partial charge is 0.248 e. The van der Waals surface area contributed by atoms with E-state index in [0.717, 1.165) is 12.8 Å². The van der Waals surface area contributed by atoms with Gasteiger partial charge in [0.15, 0.2) is 0 Å². The molecule has 0 spiro atoms. The van der Waals surface area contributed by atoms with Crippen LogP contribution in [0.2, 0.25) is 0 Å². The van der Waals surface area contributed by atoms with Crippen LogP contribution in [-0.2, 0) is 6.42 Å². The smallest absolute Gasteiger partial charge is 0.0748 e. The van der Waals surface area contributed by atoms with Crippen molar-refractivity contribution in [3.63, 3.8) is 0 Å². The zero-order valence-electron chi connectivity index (χ0n) is 16.5. The number of hydrogen-bond donors (Lipinski definition) is 0. The Balaban J connectivity index is 1.90. The van der Waals surface area contributed by atoms with Crippen LogP contribution in [0.25, 0.3) is 43.6 Å². The van der Waals surface area contributed by atoms with Gasteiger partial charge in [-0.25, -0.2) is 9.35 Å². The van der Waals surface area contributed by atoms with Crippen molar-refractivity contribution >= 4 is 43.6 Å². The zero-order chi connectivity index (χ0) is 19.4. The molecule has 0 saturated heterocycles. The van der Waals surface area contributed by atoms with Gasteiger partial charge in [0.1, 0.15) is 0 Å². The molecule has 6 rings (SSSR count). The van der Waals surface area contributed by atoms with Crippen molar-refractivity contribution in [2.75, 3.05) is 0 Å². The summed E-state index contributed by atoms with van der Waals surface area (Å²) in [5.41, 5.74) is 6.45. The average Bonchev–Trinajstić information content (AvgIpc) is 3.27. The lowest BCUT2D eigenvalue weighted by atomic mass is 10.1. The quantitative estimate of drug-likeness (QED) is 0.311. The Morgan fingerprint density at radius 2 is 1.00 bits per heavy atom. The number of fused-ring (bicyclic) bond motifs is 6. The molecule has 0 saturated carbocycles. The molecule has 4 aromatic carbocycles. The first-order valence-electron chi connectivity index (χ1n) is 10.4. The second kappa shape index (κ2) is 6.25. The molecule has 2 nitrogen and oxygen atoms in total. The molecule has 0 amide bonds. The normalized spacial score (nSPS) is 11.9. The zero-order valence-corrected chi connectivity index (χ0v) is 16.5. The maximum atomic E-state index is 2.44. The lowest BCUT2D eigenvalue weighted by Crippen LogP contribution is -2.09. The van der Waals surface area contributed by atoms with Crippen LogP contribution in [0.5, 0.6) is 0 Å². The maximum absolute atomic E-state index is 2.44. The number of benzene rings is 4. The highest BCUT2D eigenvalue weighted by atomic mass is 15.5. The minimum absolute atomic E-state index is 1.07. The molecule has 0 aliphatic rings. The Labute approximate surface area is 169 Å². The first kappa shape index (κ1) is 16.4. The summed E-state index contributed by atoms with van der Waals surface area (Å²) >= 11 is 0. The Bertz CT molecular complexity index is 1460. The van der Waals surface area contributed by atoms with Crippen molar-refractivity contribution in [3.05, 3.63) is 96.6 Å². The van der Waals surface area contributed by atoms with Gasteiger partial charge < -0.3 is 0 Å². The van der Waals surface area contributed by atoms with E-state index in [4.69, 9.17) is 0 Å². The highest BCUT2D eigenvalue weighted by Crippen LogP contribution is 2.36. The molecule has 0 aliphatic carbocycles. The number of rotatable bonds is 3. The molecule has 2 aromatic heterocycles. The molecule has 0 bridgehead atoms. The van der Waals surface area contributed by atoms with Crippen LogP contribution in [0.3, 0.4) is 0 Å². The summed E-state index contributed by atoms with van der Waals surface area (Å²) in [7, 11) is 0. The molecule has 0 aliphatic heterocycles. The molecule has 2 heteroatoms. The van der Waals surface area contributed by atoms with Crippen LogP contribution in [0, 0.1) is 0 Å². The van der Waals surface area contributed by atoms with Gasteiger partial charge in [-0.1, -0.05) is 86.1 Å². The number of para-hydroxylation sites is 4. The summed E-state index contributed by atoms with van der Waals surface area (Å²) in [6.07, 6.45) is 2.21. The van der Waals surface area contributed by atoms with Gasteiger partial charge in [-0.2, -0.15) is 0 Å². The molecule has 0 unspecified atom stereocenters. The van der Waals surface area contributed by atoms with Crippen LogP contribution in [0.15, 0.2) is 91.0 Å². The number of nitrogens with zero attached hydrogens (tertiary/aromatic N) is 2. The highest BCUT2D eigenvalue weighted by molar-refractivity contribution is 6.12. The number of hydrogen-bond acceptors (Lipinski definition) is 0. The molecular weight excluding hydrogens is 352 g/mol. The fraction of sp³-hybridized carbons (Fsp3) is 0.111. The molecule has 6 aromatic rings. The van der Waals surface area contributed by atoms with E-state index in [1.807, 2.05) is 0 Å². The van der Waals surface area contributed by atoms with Crippen LogP contribution >= 0.6 is 0 Å². The van der Waals surface area contributed by atoms with Gasteiger partial charge in [-0.3, -0.25) is 0 Å². The van der Waals surface area contributed by atoms with Gasteiger partial charge in [0.25, 0.3) is 0 Å². The molecule has 140 valence electrons. The molecular formula is C27H22N2. The van der Waals surface area contributed by atoms with Gasteiger partial charge in [-0.05, 0) is 30.2 Å². The number of aryl methyl sites for hydroxylation is 1. The molecule has 29 heavy (non-hydrogen) atoms. The SMILES string of the molecule is CCCc1cccc2c3ccccc3n(-n3c4ccccc4c4ccccc43)c12. The molecule has 0 atom stereocenters. The standard InChI is InChI=1S/C27H22N2/c1-2-10-19-11-9-15-23-22-14-5-8-18-26(22)29(27(19)23)28-24-16-6-3-12-20(24)21-13-4-7-17-25(21)28/h3-9,11-18H,2,10H2,1H3. The van der Waals surface area contributed by atoms with Crippen molar-refractivity contribution in [3.8, 4) is 0 Å². The Kier molecular flexibility index (Phi) is 3.54. The van der Waals surface area contributed by atoms with Crippen molar-refractivity contribution in [1.82, 2.24) is 9.35 Å². The summed E-state index contributed by atoms with van der Waals surface area (Å²) < 4.78 is 4.86. The van der Waals surface area contributed by atoms with Crippen molar-refractivity contribution in [1.29, 1.82) is 0 Å². The van der Waals surface area contributed by atoms with E-state index in [1.165, 1.54) is 49.2 Å². The predicted molar refractivity (Wildman–Crippen MR) is 124 cm³/mol. The average molecular weight is 374 g/mol. The van der Waals surface area contributed by atoms with E-state index in [-0.39, 0.29) is 0 Å². The second-order valence-corrected chi connectivity index (χ2v) is 7.74. The first-order chi connectivity index (χ1) is 14.4. The highest BCUT2D eigenvalue weighted by Gasteiger charge is 2.18. The summed E-state index contributed by atoms with van der Waals surface area (Å²) in [6.45, 7) is 2.26. The third-order valence-electron chi connectivity index (χ3n) is 6.03. The van der Waals surface area contributed by atoms with Gasteiger partial charge in [-0.15, -0.1) is 0 Å². The minimum Gasteiger partial charge on any atom is -0.248 e. The van der Waals surface area contributed by atoms with Crippen molar-refractivity contribution < 1.29 is 0 Å². The molecule has 0 radical (unpaired) electrons. The van der Waals surface area contributed by atoms with Gasteiger partial charge in [0, 0.05) is 21.5 Å². The molecule has 0 N–H and O–H groups in total. The van der Waals surface area contributed by atoms with E-state index < -0.39 is 0 Å². The topological polar surface area (TPSA) is 9.86 Å². The van der Waals surface area contributed by atoms with Crippen LogP contribution < -0.4 is 0 Å². The lowest BCUT2D eigenvalue weighted by molar-refractivity contribution is 0.767. The summed E-state index contributed by atoms with van der Waals surface area (Å²) in [5, 5.41) is 5.22. The summed E-state index contributed by atoms with van der Waals surface area (Å²) in [5.74, 6) is 0. The third-order valence-corrected chi connectivity index (χ3v) is 6.03. The van der Waals surface area contributed by atoms with E-state index in [0.29, 0.717) is 0 Å². The van der Waals surface area contributed by atoms with Crippen LogP contribution in [0.1, 0.15) is 18.9 Å². The fourth-order valence-corrected chi connectivity index (χ4v) is 4.86. The van der Waals surface area contributed by atoms with Crippen molar-refractivity contribution in [2.24, 2.45) is 0 Å². The monoisotopic (exact) mass is 374 g/mol. The molecule has 0 fully saturated rings. The third kappa shape index (κ3) is 2.23. The van der Waals surface area contributed by atoms with Crippen molar-refractivity contribution in [2.45, 2.75) is 19.8 Å². The van der Waals surface area contributed by atoms with Gasteiger partial charge in [0.05, 0.1) is 22.1 Å². The minimum atomic E-state index is 1.07. The first-order valence-corrected chi connectivity index (χ1v) is 10.4. The summed E-state index contributed by atoms with van der Waals surface area (Å²) in [4.78, 5) is 0. The van der Waals surface area contributed by atoms with Gasteiger partial charge >= 0.3 is 0 Å². The van der Waals surface area contributed by atoms with E-state index in [2.05, 4.69) is 107 Å². The van der Waals surface area contributed by atoms with Crippen LogP contribution in [-0.4, -0.2) is 9.35 Å². The van der Waals surface area contributed by atoms with E-state index >= 15 is 0 Å². The predicted octanol–water partition coefficient (Wildman–Crippen LogP) is 7.17. The molecule has 2 heterocycles. The van der Waals surface area contributed by atoms with E-state index in [1.54, 1.807) is 0 Å². The summed E-state index contributed by atoms with van der Waals surface area (Å²) in [6, 6.07) is 33.0. The van der Waals surface area contributed by atoms with Crippen LogP contribution in [0.4, 0.5) is 0 Å². The lowest BCUT2D eigenvalue weighted by Gasteiger charge is -2.15.